The highest BCUT2D eigenvalue weighted by molar-refractivity contribution is 7.99. The monoisotopic (exact) mass is 525 g/mol. The van der Waals surface area contributed by atoms with Gasteiger partial charge >= 0.3 is 0 Å². The van der Waals surface area contributed by atoms with Gasteiger partial charge in [0.15, 0.2) is 5.16 Å². The molecule has 1 amide bonds. The number of carbonyl (C=O) groups excluding carboxylic acids is 1. The number of thioether (sulfide) groups is 1. The second-order valence-corrected chi connectivity index (χ2v) is 9.74. The number of rotatable bonds is 9. The maximum absolute atomic E-state index is 13.2. The fourth-order valence-electron chi connectivity index (χ4n) is 3.01. The van der Waals surface area contributed by atoms with Gasteiger partial charge in [-0.3, -0.25) is 4.79 Å². The lowest BCUT2D eigenvalue weighted by Gasteiger charge is -2.11. The summed E-state index contributed by atoms with van der Waals surface area (Å²) in [7, 11) is 0. The predicted octanol–water partition coefficient (Wildman–Crippen LogP) is 7.36. The van der Waals surface area contributed by atoms with Crippen molar-refractivity contribution in [2.75, 3.05) is 11.9 Å². The van der Waals surface area contributed by atoms with E-state index in [0.717, 1.165) is 16.2 Å². The Balaban J connectivity index is 1.56. The molecule has 0 unspecified atom stereocenters. The maximum Gasteiger partial charge on any atom is 0.275 e. The van der Waals surface area contributed by atoms with E-state index in [1.165, 1.54) is 35.7 Å². The second kappa shape index (κ2) is 12.1. The zero-order chi connectivity index (χ0) is 24.6. The largest absolute Gasteiger partial charge is 0.494 e. The highest BCUT2D eigenvalue weighted by atomic mass is 35.5. The number of anilines is 1. The molecular formula is C26H21ClFN3O2S2. The van der Waals surface area contributed by atoms with Crippen molar-refractivity contribution in [2.24, 2.45) is 0 Å². The molecule has 5 nitrogen and oxygen atoms in total. The van der Waals surface area contributed by atoms with Gasteiger partial charge in [0.05, 0.1) is 11.5 Å². The van der Waals surface area contributed by atoms with Gasteiger partial charge in [0.25, 0.3) is 5.91 Å². The Kier molecular flexibility index (Phi) is 8.63. The minimum absolute atomic E-state index is 0.260. The van der Waals surface area contributed by atoms with Gasteiger partial charge in [0.2, 0.25) is 0 Å². The first-order valence-corrected chi connectivity index (χ1v) is 12.9. The number of hydrogen-bond donors (Lipinski definition) is 1. The van der Waals surface area contributed by atoms with Crippen molar-refractivity contribution in [3.05, 3.63) is 101 Å². The van der Waals surface area contributed by atoms with Crippen molar-refractivity contribution in [3.63, 3.8) is 0 Å². The van der Waals surface area contributed by atoms with Crippen LogP contribution in [0.5, 0.6) is 5.75 Å². The summed E-state index contributed by atoms with van der Waals surface area (Å²) in [6.45, 7) is 2.48. The Hall–Kier alpha value is -3.07. The molecule has 0 bridgehead atoms. The van der Waals surface area contributed by atoms with Crippen LogP contribution in [0.2, 0.25) is 5.02 Å². The van der Waals surface area contributed by atoms with Crippen molar-refractivity contribution in [3.8, 4) is 5.75 Å². The van der Waals surface area contributed by atoms with Crippen molar-refractivity contribution < 1.29 is 13.9 Å². The molecule has 0 saturated heterocycles. The van der Waals surface area contributed by atoms with Gasteiger partial charge in [-0.05, 0) is 73.2 Å². The molecule has 35 heavy (non-hydrogen) atoms. The molecule has 0 atom stereocenters. The van der Waals surface area contributed by atoms with Crippen LogP contribution in [-0.4, -0.2) is 22.5 Å². The topological polar surface area (TPSA) is 64.1 Å². The molecule has 0 aliphatic carbocycles. The van der Waals surface area contributed by atoms with E-state index < -0.39 is 0 Å². The second-order valence-electron chi connectivity index (χ2n) is 7.25. The third-order valence-electron chi connectivity index (χ3n) is 4.69. The maximum atomic E-state index is 13.2. The number of nitrogens with one attached hydrogen (secondary N) is 1. The van der Waals surface area contributed by atoms with Gasteiger partial charge < -0.3 is 10.1 Å². The molecular weight excluding hydrogens is 505 g/mol. The molecule has 0 aliphatic heterocycles. The van der Waals surface area contributed by atoms with Gasteiger partial charge in [0.1, 0.15) is 17.3 Å². The molecule has 0 fully saturated rings. The summed E-state index contributed by atoms with van der Waals surface area (Å²) in [4.78, 5) is 23.7. The molecule has 9 heteroatoms. The molecule has 178 valence electrons. The van der Waals surface area contributed by atoms with Crippen LogP contribution >= 0.6 is 35.1 Å². The summed E-state index contributed by atoms with van der Waals surface area (Å²) >= 11 is 8.76. The van der Waals surface area contributed by atoms with Crippen molar-refractivity contribution in [1.29, 1.82) is 0 Å². The molecule has 0 radical (unpaired) electrons. The van der Waals surface area contributed by atoms with Gasteiger partial charge in [-0.15, -0.1) is 0 Å². The Morgan fingerprint density at radius 3 is 2.43 bits per heavy atom. The fourth-order valence-corrected chi connectivity index (χ4v) is 4.77. The average molecular weight is 526 g/mol. The Morgan fingerprint density at radius 2 is 1.74 bits per heavy atom. The first-order chi connectivity index (χ1) is 17.0. The normalized spacial score (nSPS) is 10.7. The number of carbonyl (C=O) groups is 1. The van der Waals surface area contributed by atoms with Crippen LogP contribution in [0.4, 0.5) is 10.1 Å². The van der Waals surface area contributed by atoms with Crippen LogP contribution in [-0.2, 0) is 5.75 Å². The van der Waals surface area contributed by atoms with Crippen LogP contribution in [0.25, 0.3) is 0 Å². The van der Waals surface area contributed by atoms with E-state index in [0.29, 0.717) is 33.1 Å². The highest BCUT2D eigenvalue weighted by Crippen LogP contribution is 2.32. The van der Waals surface area contributed by atoms with Gasteiger partial charge in [-0.25, -0.2) is 14.4 Å². The van der Waals surface area contributed by atoms with E-state index in [4.69, 9.17) is 16.3 Å². The fraction of sp³-hybridized carbons (Fsp3) is 0.115. The molecule has 1 N–H and O–H groups in total. The van der Waals surface area contributed by atoms with Crippen molar-refractivity contribution in [2.45, 2.75) is 27.6 Å². The third kappa shape index (κ3) is 7.21. The van der Waals surface area contributed by atoms with Gasteiger partial charge in [0, 0.05) is 27.6 Å². The Morgan fingerprint density at radius 1 is 1.03 bits per heavy atom. The zero-order valence-electron chi connectivity index (χ0n) is 18.7. The number of nitrogens with zero attached hydrogens (tertiary/aromatic N) is 2. The quantitative estimate of drug-likeness (QED) is 0.182. The van der Waals surface area contributed by atoms with E-state index in [9.17, 15) is 9.18 Å². The van der Waals surface area contributed by atoms with Crippen LogP contribution in [0.1, 0.15) is 23.0 Å². The van der Waals surface area contributed by atoms with Crippen molar-refractivity contribution >= 4 is 46.7 Å². The number of hydrogen-bond acceptors (Lipinski definition) is 6. The number of aromatic nitrogens is 2. The zero-order valence-corrected chi connectivity index (χ0v) is 21.1. The molecule has 0 spiro atoms. The van der Waals surface area contributed by atoms with Gasteiger partial charge in [-0.2, -0.15) is 0 Å². The molecule has 1 aromatic heterocycles. The summed E-state index contributed by atoms with van der Waals surface area (Å²) in [5.41, 5.74) is 1.82. The molecule has 0 aliphatic rings. The summed E-state index contributed by atoms with van der Waals surface area (Å²) in [5.74, 6) is 0.638. The van der Waals surface area contributed by atoms with E-state index in [1.807, 2.05) is 19.1 Å². The standard InChI is InChI=1S/C26H21ClFN3O2S2/c1-2-33-21-11-9-20(10-12-21)30-25(32)24-23(35-22-13-5-18(27)6-14-22)15-29-26(31-24)34-16-17-3-7-19(28)8-4-17/h3-15H,2,16H2,1H3,(H,30,32). The number of benzene rings is 3. The number of ether oxygens (including phenoxy) is 1. The highest BCUT2D eigenvalue weighted by Gasteiger charge is 2.17. The predicted molar refractivity (Wildman–Crippen MR) is 139 cm³/mol. The molecule has 4 rings (SSSR count). The summed E-state index contributed by atoms with van der Waals surface area (Å²) in [6.07, 6.45) is 1.65. The van der Waals surface area contributed by atoms with E-state index in [1.54, 1.807) is 54.7 Å². The van der Waals surface area contributed by atoms with Crippen molar-refractivity contribution in [1.82, 2.24) is 9.97 Å². The minimum Gasteiger partial charge on any atom is -0.494 e. The first kappa shape index (κ1) is 25.0. The SMILES string of the molecule is CCOc1ccc(NC(=O)c2nc(SCc3ccc(F)cc3)ncc2Sc2ccc(Cl)cc2)cc1. The first-order valence-electron chi connectivity index (χ1n) is 10.7. The van der Waals surface area contributed by atoms with E-state index >= 15 is 0 Å². The Bertz CT molecular complexity index is 1290. The van der Waals surface area contributed by atoms with Gasteiger partial charge in [-0.1, -0.05) is 47.3 Å². The molecule has 3 aromatic carbocycles. The molecule has 4 aromatic rings. The minimum atomic E-state index is -0.350. The summed E-state index contributed by atoms with van der Waals surface area (Å²) in [5, 5.41) is 3.98. The van der Waals surface area contributed by atoms with Crippen LogP contribution in [0, 0.1) is 5.82 Å². The van der Waals surface area contributed by atoms with E-state index in [2.05, 4.69) is 15.3 Å². The summed E-state index contributed by atoms with van der Waals surface area (Å²) < 4.78 is 18.6. The lowest BCUT2D eigenvalue weighted by molar-refractivity contribution is 0.101. The lowest BCUT2D eigenvalue weighted by Crippen LogP contribution is -2.16. The number of halogens is 2. The third-order valence-corrected chi connectivity index (χ3v) is 6.91. The van der Waals surface area contributed by atoms with Crippen LogP contribution < -0.4 is 10.1 Å². The molecule has 1 heterocycles. The molecule has 0 saturated carbocycles. The van der Waals surface area contributed by atoms with Crippen LogP contribution in [0.15, 0.2) is 93.9 Å². The smallest absolute Gasteiger partial charge is 0.275 e. The Labute approximate surface area is 216 Å². The van der Waals surface area contributed by atoms with Crippen LogP contribution in [0.3, 0.4) is 0 Å². The summed E-state index contributed by atoms with van der Waals surface area (Å²) in [6, 6.07) is 20.7. The average Bonchev–Trinajstić information content (AvgIpc) is 2.87. The van der Waals surface area contributed by atoms with E-state index in [-0.39, 0.29) is 17.4 Å². The number of amides is 1. The lowest BCUT2D eigenvalue weighted by atomic mass is 10.2.